The summed E-state index contributed by atoms with van der Waals surface area (Å²) in [6.45, 7) is 7.50. The monoisotopic (exact) mass is 541 g/mol. The molecule has 1 aliphatic rings. The van der Waals surface area contributed by atoms with Crippen LogP contribution in [0.2, 0.25) is 0 Å². The number of nitrogens with one attached hydrogen (secondary N) is 3. The molecule has 9 nitrogen and oxygen atoms in total. The molecule has 2 aromatic carbocycles. The summed E-state index contributed by atoms with van der Waals surface area (Å²) in [5.41, 5.74) is 1.60. The van der Waals surface area contributed by atoms with E-state index in [0.717, 1.165) is 5.56 Å². The first-order valence-electron chi connectivity index (χ1n) is 13.4. The van der Waals surface area contributed by atoms with E-state index >= 15 is 0 Å². The first kappa shape index (κ1) is 30.0. The van der Waals surface area contributed by atoms with E-state index in [2.05, 4.69) is 20.9 Å². The van der Waals surface area contributed by atoms with Gasteiger partial charge in [-0.1, -0.05) is 62.4 Å². The summed E-state index contributed by atoms with van der Waals surface area (Å²) in [5, 5.41) is 8.40. The fraction of sp³-hybridized carbons (Fsp3) is 0.483. The molecule has 0 bridgehead atoms. The Kier molecular flexibility index (Phi) is 11.2. The number of ether oxygens (including phenoxy) is 1. The summed E-state index contributed by atoms with van der Waals surface area (Å²) in [4.78, 5) is 42.7. The molecule has 212 valence electrons. The van der Waals surface area contributed by atoms with Gasteiger partial charge in [-0.25, -0.2) is 9.18 Å². The Morgan fingerprint density at radius 3 is 2.38 bits per heavy atom. The lowest BCUT2D eigenvalue weighted by Gasteiger charge is -2.42. The summed E-state index contributed by atoms with van der Waals surface area (Å²) >= 11 is 0. The fourth-order valence-corrected chi connectivity index (χ4v) is 4.41. The number of hydrogen-bond acceptors (Lipinski definition) is 6. The number of amides is 3. The van der Waals surface area contributed by atoms with Crippen molar-refractivity contribution in [2.45, 2.75) is 52.0 Å². The Labute approximate surface area is 230 Å². The molecule has 0 unspecified atom stereocenters. The quantitative estimate of drug-likeness (QED) is 0.404. The zero-order valence-electron chi connectivity index (χ0n) is 23.2. The van der Waals surface area contributed by atoms with Crippen molar-refractivity contribution in [3.63, 3.8) is 0 Å². The second kappa shape index (κ2) is 14.6. The van der Waals surface area contributed by atoms with Crippen LogP contribution in [-0.4, -0.2) is 79.2 Å². The van der Waals surface area contributed by atoms with Gasteiger partial charge in [0.15, 0.2) is 6.23 Å². The van der Waals surface area contributed by atoms with Crippen molar-refractivity contribution >= 4 is 17.9 Å². The molecule has 1 aliphatic heterocycles. The molecule has 0 aliphatic carbocycles. The van der Waals surface area contributed by atoms with Crippen LogP contribution in [0, 0.1) is 11.7 Å². The molecule has 0 radical (unpaired) electrons. The van der Waals surface area contributed by atoms with E-state index in [-0.39, 0.29) is 30.1 Å². The molecule has 2 aromatic rings. The lowest BCUT2D eigenvalue weighted by molar-refractivity contribution is -0.153. The van der Waals surface area contributed by atoms with Crippen LogP contribution in [0.3, 0.4) is 0 Å². The van der Waals surface area contributed by atoms with Gasteiger partial charge in [0, 0.05) is 26.2 Å². The van der Waals surface area contributed by atoms with E-state index < -0.39 is 24.4 Å². The van der Waals surface area contributed by atoms with E-state index in [9.17, 15) is 18.8 Å². The molecular formula is C29H40FN5O4. The number of piperazine rings is 1. The van der Waals surface area contributed by atoms with E-state index in [4.69, 9.17) is 4.74 Å². The third-order valence-corrected chi connectivity index (χ3v) is 6.87. The second-order valence-electron chi connectivity index (χ2n) is 10.1. The lowest BCUT2D eigenvalue weighted by atomic mass is 10.0. The largest absolute Gasteiger partial charge is 0.424 e. The lowest BCUT2D eigenvalue weighted by Crippen LogP contribution is -2.62. The first-order valence-corrected chi connectivity index (χ1v) is 13.4. The van der Waals surface area contributed by atoms with E-state index in [0.29, 0.717) is 38.2 Å². The normalized spacial score (nSPS) is 17.4. The predicted molar refractivity (Wildman–Crippen MR) is 147 cm³/mol. The summed E-state index contributed by atoms with van der Waals surface area (Å²) < 4.78 is 19.7. The number of carbonyl (C=O) groups is 3. The van der Waals surface area contributed by atoms with Gasteiger partial charge in [-0.3, -0.25) is 14.5 Å². The number of likely N-dealkylation sites (N-methyl/N-ethyl adjacent to an activating group) is 1. The minimum atomic E-state index is -0.858. The van der Waals surface area contributed by atoms with Crippen LogP contribution in [0.4, 0.5) is 9.18 Å². The Hall–Kier alpha value is -3.50. The van der Waals surface area contributed by atoms with Crippen molar-refractivity contribution in [2.75, 3.05) is 33.2 Å². The van der Waals surface area contributed by atoms with Crippen LogP contribution in [0.1, 0.15) is 31.9 Å². The average Bonchev–Trinajstić information content (AvgIpc) is 2.92. The molecule has 0 spiro atoms. The second-order valence-corrected chi connectivity index (χ2v) is 10.1. The van der Waals surface area contributed by atoms with Crippen LogP contribution in [-0.2, 0) is 27.3 Å². The maximum absolute atomic E-state index is 13.9. The van der Waals surface area contributed by atoms with E-state index in [1.165, 1.54) is 11.0 Å². The maximum Gasteiger partial charge on any atom is 0.409 e. The Balaban J connectivity index is 1.70. The highest BCUT2D eigenvalue weighted by Crippen LogP contribution is 2.18. The SMILES string of the molecule is CN[C@@H](C)C(=O)N[C@H](C(=O)N1CCN(Cc2ccccc2)C[C@@H]1OC(=O)NCCc1ccccc1F)C(C)C. The molecule has 1 fully saturated rings. The van der Waals surface area contributed by atoms with Crippen LogP contribution in [0.25, 0.3) is 0 Å². The number of halogens is 1. The van der Waals surface area contributed by atoms with E-state index in [1.807, 2.05) is 44.2 Å². The van der Waals surface area contributed by atoms with Crippen molar-refractivity contribution in [1.82, 2.24) is 25.8 Å². The maximum atomic E-state index is 13.9. The topological polar surface area (TPSA) is 103 Å². The molecule has 3 atom stereocenters. The summed E-state index contributed by atoms with van der Waals surface area (Å²) in [6, 6.07) is 15.1. The molecular weight excluding hydrogens is 501 g/mol. The molecule has 10 heteroatoms. The van der Waals surface area contributed by atoms with Crippen molar-refractivity contribution in [2.24, 2.45) is 5.92 Å². The van der Waals surface area contributed by atoms with Gasteiger partial charge in [-0.15, -0.1) is 0 Å². The number of carbonyl (C=O) groups excluding carboxylic acids is 3. The molecule has 3 rings (SSSR count). The van der Waals surface area contributed by atoms with Crippen molar-refractivity contribution in [3.05, 3.63) is 71.5 Å². The Morgan fingerprint density at radius 1 is 1.03 bits per heavy atom. The van der Waals surface area contributed by atoms with Crippen molar-refractivity contribution < 1.29 is 23.5 Å². The number of benzene rings is 2. The van der Waals surface area contributed by atoms with Gasteiger partial charge in [0.2, 0.25) is 11.8 Å². The van der Waals surface area contributed by atoms with Crippen molar-refractivity contribution in [1.29, 1.82) is 0 Å². The molecule has 1 saturated heterocycles. The van der Waals surface area contributed by atoms with Gasteiger partial charge in [0.25, 0.3) is 0 Å². The minimum Gasteiger partial charge on any atom is -0.424 e. The molecule has 39 heavy (non-hydrogen) atoms. The highest BCUT2D eigenvalue weighted by atomic mass is 19.1. The van der Waals surface area contributed by atoms with Crippen LogP contribution < -0.4 is 16.0 Å². The highest BCUT2D eigenvalue weighted by molar-refractivity contribution is 5.90. The Bertz CT molecular complexity index is 1100. The number of hydrogen-bond donors (Lipinski definition) is 3. The Morgan fingerprint density at radius 2 is 1.72 bits per heavy atom. The highest BCUT2D eigenvalue weighted by Gasteiger charge is 2.38. The van der Waals surface area contributed by atoms with Crippen LogP contribution in [0.5, 0.6) is 0 Å². The third kappa shape index (κ3) is 8.76. The number of nitrogens with zero attached hydrogens (tertiary/aromatic N) is 2. The van der Waals surface area contributed by atoms with E-state index in [1.54, 1.807) is 32.2 Å². The number of rotatable bonds is 11. The molecule has 1 heterocycles. The molecule has 3 amide bonds. The summed E-state index contributed by atoms with van der Waals surface area (Å²) in [7, 11) is 1.68. The van der Waals surface area contributed by atoms with Gasteiger partial charge in [0.1, 0.15) is 11.9 Å². The summed E-state index contributed by atoms with van der Waals surface area (Å²) in [5.74, 6) is -1.09. The summed E-state index contributed by atoms with van der Waals surface area (Å²) in [6.07, 6.45) is -1.24. The van der Waals surface area contributed by atoms with Crippen molar-refractivity contribution in [3.8, 4) is 0 Å². The smallest absolute Gasteiger partial charge is 0.409 e. The van der Waals surface area contributed by atoms with Crippen LogP contribution in [0.15, 0.2) is 54.6 Å². The fourth-order valence-electron chi connectivity index (χ4n) is 4.41. The zero-order valence-corrected chi connectivity index (χ0v) is 23.2. The van der Waals surface area contributed by atoms with Gasteiger partial charge in [-0.2, -0.15) is 0 Å². The van der Waals surface area contributed by atoms with Gasteiger partial charge in [0.05, 0.1) is 12.6 Å². The van der Waals surface area contributed by atoms with Gasteiger partial charge in [-0.05, 0) is 43.5 Å². The van der Waals surface area contributed by atoms with Gasteiger partial charge < -0.3 is 25.6 Å². The van der Waals surface area contributed by atoms with Crippen LogP contribution >= 0.6 is 0 Å². The average molecular weight is 542 g/mol. The minimum absolute atomic E-state index is 0.178. The molecule has 3 N–H and O–H groups in total. The van der Waals surface area contributed by atoms with Gasteiger partial charge >= 0.3 is 6.09 Å². The zero-order chi connectivity index (χ0) is 28.4. The molecule has 0 saturated carbocycles. The molecule has 0 aromatic heterocycles. The predicted octanol–water partition coefficient (Wildman–Crippen LogP) is 2.51. The first-order chi connectivity index (χ1) is 18.7. The number of alkyl carbamates (subject to hydrolysis) is 1. The standard InChI is InChI=1S/C29H40FN5O4/c1-20(2)26(33-27(36)21(3)31-4)28(37)35-17-16-34(18-22-10-6-5-7-11-22)19-25(35)39-29(38)32-15-14-23-12-8-9-13-24(23)30/h5-13,20-21,25-26,31H,14-19H2,1-4H3,(H,32,38)(H,33,36)/t21-,25-,26-/m0/s1. The third-order valence-electron chi connectivity index (χ3n) is 6.87.